The number of hydrogen-bond donors (Lipinski definition) is 1. The van der Waals surface area contributed by atoms with E-state index >= 15 is 0 Å². The first-order valence-corrected chi connectivity index (χ1v) is 15.9. The van der Waals surface area contributed by atoms with Crippen molar-refractivity contribution in [3.63, 3.8) is 0 Å². The Kier molecular flexibility index (Phi) is 8.62. The molecule has 2 heteroatoms. The van der Waals surface area contributed by atoms with Crippen LogP contribution in [0.2, 0.25) is 0 Å². The Morgan fingerprint density at radius 1 is 0.304 bits per heavy atom. The number of hydrogen-bond acceptors (Lipinski definition) is 2. The summed E-state index contributed by atoms with van der Waals surface area (Å²) < 4.78 is 0. The summed E-state index contributed by atoms with van der Waals surface area (Å²) in [6.07, 6.45) is 0. The van der Waals surface area contributed by atoms with Crippen LogP contribution in [-0.4, -0.2) is 0 Å². The van der Waals surface area contributed by atoms with Gasteiger partial charge in [-0.15, -0.1) is 12.6 Å². The molecule has 220 valence electrons. The van der Waals surface area contributed by atoms with E-state index in [9.17, 15) is 0 Å². The molecule has 0 N–H and O–H groups in total. The lowest BCUT2D eigenvalue weighted by Crippen LogP contribution is -2.09. The second kappa shape index (κ2) is 13.6. The fourth-order valence-corrected chi connectivity index (χ4v) is 6.13. The first-order valence-electron chi connectivity index (χ1n) is 15.5. The lowest BCUT2D eigenvalue weighted by Gasteiger charge is -2.25. The molecule has 0 aromatic heterocycles. The molecule has 0 saturated heterocycles. The number of para-hydroxylation sites is 1. The zero-order valence-electron chi connectivity index (χ0n) is 25.4. The highest BCUT2D eigenvalue weighted by Crippen LogP contribution is 2.39. The van der Waals surface area contributed by atoms with Crippen LogP contribution in [0.25, 0.3) is 22.3 Å². The van der Waals surface area contributed by atoms with Crippen molar-refractivity contribution in [1.82, 2.24) is 0 Å². The Labute approximate surface area is 277 Å². The van der Waals surface area contributed by atoms with Crippen LogP contribution < -0.4 is 4.90 Å². The standard InChI is InChI=1S/C44H33NS/c46-42-31-29-41(30-32-42)45(39-19-11-4-12-20-39)40-27-25-34(26-28-40)33-21-23-38(24-22-33)44(37-17-9-3-10-18-37)43(35-13-5-1-6-14-35)36-15-7-2-8-16-36/h1-32,46H. The maximum atomic E-state index is 4.50. The first kappa shape index (κ1) is 29.2. The molecule has 7 rings (SSSR count). The van der Waals surface area contributed by atoms with Crippen LogP contribution in [0.5, 0.6) is 0 Å². The fraction of sp³-hybridized carbons (Fsp3) is 0. The molecule has 0 radical (unpaired) electrons. The van der Waals surface area contributed by atoms with Gasteiger partial charge in [0, 0.05) is 22.0 Å². The summed E-state index contributed by atoms with van der Waals surface area (Å²) in [5.41, 5.74) is 12.8. The second-order valence-electron chi connectivity index (χ2n) is 11.2. The summed E-state index contributed by atoms with van der Waals surface area (Å²) in [4.78, 5) is 3.21. The third-order valence-electron chi connectivity index (χ3n) is 8.19. The van der Waals surface area contributed by atoms with Gasteiger partial charge < -0.3 is 4.90 Å². The summed E-state index contributed by atoms with van der Waals surface area (Å²) in [6, 6.07) is 68.7. The van der Waals surface area contributed by atoms with Crippen LogP contribution >= 0.6 is 12.6 Å². The van der Waals surface area contributed by atoms with Gasteiger partial charge in [0.05, 0.1) is 0 Å². The zero-order chi connectivity index (χ0) is 31.1. The van der Waals surface area contributed by atoms with E-state index in [1.54, 1.807) is 0 Å². The minimum atomic E-state index is 0.945. The van der Waals surface area contributed by atoms with Gasteiger partial charge in [-0.1, -0.05) is 146 Å². The van der Waals surface area contributed by atoms with Gasteiger partial charge in [0.25, 0.3) is 0 Å². The number of benzene rings is 7. The van der Waals surface area contributed by atoms with E-state index in [2.05, 4.69) is 193 Å². The van der Waals surface area contributed by atoms with Crippen molar-refractivity contribution in [3.8, 4) is 11.1 Å². The Bertz CT molecular complexity index is 1990. The van der Waals surface area contributed by atoms with Crippen molar-refractivity contribution in [3.05, 3.63) is 216 Å². The number of nitrogens with zero attached hydrogens (tertiary/aromatic N) is 1. The summed E-state index contributed by atoms with van der Waals surface area (Å²) in [5, 5.41) is 0. The molecule has 46 heavy (non-hydrogen) atoms. The molecule has 0 aliphatic carbocycles. The summed E-state index contributed by atoms with van der Waals surface area (Å²) in [6.45, 7) is 0. The first-order chi connectivity index (χ1) is 22.7. The lowest BCUT2D eigenvalue weighted by atomic mass is 9.85. The van der Waals surface area contributed by atoms with Crippen LogP contribution in [0.4, 0.5) is 17.1 Å². The second-order valence-corrected chi connectivity index (χ2v) is 11.7. The molecule has 0 spiro atoms. The topological polar surface area (TPSA) is 3.24 Å². The highest BCUT2D eigenvalue weighted by atomic mass is 32.1. The molecular formula is C44H33NS. The van der Waals surface area contributed by atoms with E-state index in [4.69, 9.17) is 0 Å². The molecule has 1 nitrogen and oxygen atoms in total. The van der Waals surface area contributed by atoms with Gasteiger partial charge in [-0.25, -0.2) is 0 Å². The van der Waals surface area contributed by atoms with Crippen LogP contribution in [0.15, 0.2) is 199 Å². The van der Waals surface area contributed by atoms with Crippen molar-refractivity contribution in [2.45, 2.75) is 4.90 Å². The van der Waals surface area contributed by atoms with E-state index in [1.807, 2.05) is 18.2 Å². The summed E-state index contributed by atoms with van der Waals surface area (Å²) in [5.74, 6) is 0. The molecule has 0 atom stereocenters. The zero-order valence-corrected chi connectivity index (χ0v) is 26.3. The van der Waals surface area contributed by atoms with Crippen LogP contribution in [0.1, 0.15) is 22.3 Å². The SMILES string of the molecule is Sc1ccc(N(c2ccccc2)c2ccc(-c3ccc(C(=C(c4ccccc4)c4ccccc4)c4ccccc4)cc3)cc2)cc1. The van der Waals surface area contributed by atoms with Crippen LogP contribution in [0.3, 0.4) is 0 Å². The molecule has 0 heterocycles. The number of thiol groups is 1. The molecule has 0 amide bonds. The van der Waals surface area contributed by atoms with E-state index in [1.165, 1.54) is 44.5 Å². The molecule has 0 aliphatic rings. The maximum Gasteiger partial charge on any atom is 0.0462 e. The molecule has 0 aliphatic heterocycles. The van der Waals surface area contributed by atoms with Crippen molar-refractivity contribution in [2.24, 2.45) is 0 Å². The third kappa shape index (κ3) is 6.30. The quantitative estimate of drug-likeness (QED) is 0.133. The lowest BCUT2D eigenvalue weighted by molar-refractivity contribution is 1.27. The van der Waals surface area contributed by atoms with Gasteiger partial charge in [0.2, 0.25) is 0 Å². The van der Waals surface area contributed by atoms with Crippen molar-refractivity contribution >= 4 is 40.8 Å². The third-order valence-corrected chi connectivity index (χ3v) is 8.49. The van der Waals surface area contributed by atoms with Crippen molar-refractivity contribution in [1.29, 1.82) is 0 Å². The van der Waals surface area contributed by atoms with E-state index in [0.29, 0.717) is 0 Å². The highest BCUT2D eigenvalue weighted by molar-refractivity contribution is 7.80. The molecular weight excluding hydrogens is 575 g/mol. The molecule has 7 aromatic carbocycles. The minimum Gasteiger partial charge on any atom is -0.311 e. The molecule has 0 bridgehead atoms. The average molecular weight is 608 g/mol. The predicted octanol–water partition coefficient (Wildman–Crippen LogP) is 12.1. The normalized spacial score (nSPS) is 10.7. The van der Waals surface area contributed by atoms with Crippen LogP contribution in [0, 0.1) is 0 Å². The Hall–Kier alpha value is -5.57. The van der Waals surface area contributed by atoms with Crippen molar-refractivity contribution < 1.29 is 0 Å². The van der Waals surface area contributed by atoms with Gasteiger partial charge in [-0.05, 0) is 93.1 Å². The number of anilines is 3. The van der Waals surface area contributed by atoms with Crippen LogP contribution in [-0.2, 0) is 0 Å². The van der Waals surface area contributed by atoms with Gasteiger partial charge in [0.1, 0.15) is 0 Å². The predicted molar refractivity (Wildman–Crippen MR) is 198 cm³/mol. The van der Waals surface area contributed by atoms with Gasteiger partial charge in [-0.3, -0.25) is 0 Å². The molecule has 7 aromatic rings. The van der Waals surface area contributed by atoms with Crippen molar-refractivity contribution in [2.75, 3.05) is 4.90 Å². The summed E-state index contributed by atoms with van der Waals surface area (Å²) in [7, 11) is 0. The smallest absolute Gasteiger partial charge is 0.0462 e. The monoisotopic (exact) mass is 607 g/mol. The number of rotatable bonds is 8. The Morgan fingerprint density at radius 3 is 1.02 bits per heavy atom. The molecule has 0 saturated carbocycles. The van der Waals surface area contributed by atoms with E-state index < -0.39 is 0 Å². The Balaban J connectivity index is 1.28. The van der Waals surface area contributed by atoms with E-state index in [0.717, 1.165) is 22.0 Å². The van der Waals surface area contributed by atoms with Gasteiger partial charge >= 0.3 is 0 Å². The largest absolute Gasteiger partial charge is 0.311 e. The van der Waals surface area contributed by atoms with Gasteiger partial charge in [0.15, 0.2) is 0 Å². The maximum absolute atomic E-state index is 4.50. The molecule has 0 unspecified atom stereocenters. The summed E-state index contributed by atoms with van der Waals surface area (Å²) >= 11 is 4.50. The highest BCUT2D eigenvalue weighted by Gasteiger charge is 2.17. The van der Waals surface area contributed by atoms with E-state index in [-0.39, 0.29) is 0 Å². The minimum absolute atomic E-state index is 0.945. The molecule has 0 fully saturated rings. The van der Waals surface area contributed by atoms with Gasteiger partial charge in [-0.2, -0.15) is 0 Å². The Morgan fingerprint density at radius 2 is 0.609 bits per heavy atom. The average Bonchev–Trinajstić information content (AvgIpc) is 3.13. The fourth-order valence-electron chi connectivity index (χ4n) is 5.98.